The van der Waals surface area contributed by atoms with Gasteiger partial charge in [-0.25, -0.2) is 23.6 Å². The normalized spacial score (nSPS) is 19.4. The second kappa shape index (κ2) is 8.66. The minimum absolute atomic E-state index is 0.200. The Morgan fingerprint density at radius 1 is 1.00 bits per heavy atom. The molecule has 0 bridgehead atoms. The van der Waals surface area contributed by atoms with Gasteiger partial charge in [0.1, 0.15) is 23.2 Å². The van der Waals surface area contributed by atoms with Gasteiger partial charge in [0.25, 0.3) is 0 Å². The fourth-order valence-electron chi connectivity index (χ4n) is 4.40. The molecular formula is C25H21F2N3O4. The number of carbonyl (C=O) groups excluding carboxylic acids is 1. The van der Waals surface area contributed by atoms with E-state index in [2.05, 4.69) is 10.4 Å². The fraction of sp³-hybridized carbons (Fsp3) is 0.200. The molecular weight excluding hydrogens is 444 g/mol. The first-order chi connectivity index (χ1) is 16.5. The Labute approximate surface area is 194 Å². The number of ether oxygens (including phenoxy) is 3. The van der Waals surface area contributed by atoms with Crippen molar-refractivity contribution < 1.29 is 27.8 Å². The van der Waals surface area contributed by atoms with E-state index in [0.29, 0.717) is 29.4 Å². The molecule has 1 aliphatic carbocycles. The van der Waals surface area contributed by atoms with Gasteiger partial charge in [-0.2, -0.15) is 0 Å². The van der Waals surface area contributed by atoms with Gasteiger partial charge >= 0.3 is 6.09 Å². The van der Waals surface area contributed by atoms with Crippen LogP contribution in [0.4, 0.5) is 19.3 Å². The van der Waals surface area contributed by atoms with Crippen LogP contribution < -0.4 is 19.6 Å². The summed E-state index contributed by atoms with van der Waals surface area (Å²) in [5.74, 6) is 0.743. The second-order valence-corrected chi connectivity index (χ2v) is 7.94. The summed E-state index contributed by atoms with van der Waals surface area (Å²) in [4.78, 5) is 17.7. The predicted molar refractivity (Wildman–Crippen MR) is 120 cm³/mol. The molecule has 2 aliphatic rings. The molecule has 1 fully saturated rings. The molecule has 2 unspecified atom stereocenters. The number of halogens is 2. The van der Waals surface area contributed by atoms with Gasteiger partial charge in [0, 0.05) is 5.92 Å². The second-order valence-electron chi connectivity index (χ2n) is 7.94. The lowest BCUT2D eigenvalue weighted by Crippen LogP contribution is -2.42. The zero-order valence-corrected chi connectivity index (χ0v) is 18.4. The predicted octanol–water partition coefficient (Wildman–Crippen LogP) is 4.94. The summed E-state index contributed by atoms with van der Waals surface area (Å²) >= 11 is 0. The van der Waals surface area contributed by atoms with E-state index in [1.807, 2.05) is 12.1 Å². The molecule has 1 heterocycles. The molecule has 9 heteroatoms. The van der Waals surface area contributed by atoms with Crippen LogP contribution >= 0.6 is 0 Å². The Kier molecular flexibility index (Phi) is 5.53. The Hall–Kier alpha value is -4.14. The molecule has 3 aromatic rings. The topological polar surface area (TPSA) is 72.4 Å². The summed E-state index contributed by atoms with van der Waals surface area (Å²) in [5, 5.41) is 1.35. The summed E-state index contributed by atoms with van der Waals surface area (Å²) < 4.78 is 43.4. The number of rotatable bonds is 4. The van der Waals surface area contributed by atoms with Crippen molar-refractivity contribution in [2.45, 2.75) is 12.5 Å². The van der Waals surface area contributed by atoms with Crippen molar-refractivity contribution in [1.29, 1.82) is 0 Å². The molecule has 2 atom stereocenters. The van der Waals surface area contributed by atoms with E-state index in [1.165, 1.54) is 41.4 Å². The van der Waals surface area contributed by atoms with Crippen LogP contribution in [0.25, 0.3) is 0 Å². The van der Waals surface area contributed by atoms with E-state index in [9.17, 15) is 13.6 Å². The summed E-state index contributed by atoms with van der Waals surface area (Å²) in [5.41, 5.74) is 5.29. The Bertz CT molecular complexity index is 1280. The SMILES string of the molecule is COc1cc2c(cc1OC)C1C(C2)C(=Nc2cccc(F)c2)NN1C(=O)Oc1ccc(F)cc1. The van der Waals surface area contributed by atoms with Crippen LogP contribution in [0.15, 0.2) is 65.7 Å². The van der Waals surface area contributed by atoms with Gasteiger partial charge in [0.05, 0.1) is 25.9 Å². The minimum atomic E-state index is -0.686. The lowest BCUT2D eigenvalue weighted by atomic mass is 10.0. The van der Waals surface area contributed by atoms with Gasteiger partial charge in [-0.15, -0.1) is 0 Å². The van der Waals surface area contributed by atoms with Gasteiger partial charge in [-0.05, 0) is 72.1 Å². The molecule has 34 heavy (non-hydrogen) atoms. The van der Waals surface area contributed by atoms with E-state index < -0.39 is 23.8 Å². The van der Waals surface area contributed by atoms with Gasteiger partial charge in [-0.3, -0.25) is 5.43 Å². The number of hydrogen-bond acceptors (Lipinski definition) is 5. The number of carbonyl (C=O) groups is 1. The smallest absolute Gasteiger partial charge is 0.434 e. The first kappa shape index (κ1) is 21.7. The van der Waals surface area contributed by atoms with E-state index >= 15 is 0 Å². The Balaban J connectivity index is 1.53. The first-order valence-electron chi connectivity index (χ1n) is 10.6. The number of hydrazine groups is 1. The van der Waals surface area contributed by atoms with E-state index in [-0.39, 0.29) is 11.7 Å². The highest BCUT2D eigenvalue weighted by atomic mass is 19.1. The number of amidine groups is 1. The number of amides is 1. The van der Waals surface area contributed by atoms with Crippen LogP contribution in [0, 0.1) is 17.6 Å². The fourth-order valence-corrected chi connectivity index (χ4v) is 4.40. The van der Waals surface area contributed by atoms with Gasteiger partial charge in [0.2, 0.25) is 0 Å². The third-order valence-electron chi connectivity index (χ3n) is 5.92. The highest BCUT2D eigenvalue weighted by Gasteiger charge is 2.49. The molecule has 3 aromatic carbocycles. The van der Waals surface area contributed by atoms with E-state index in [1.54, 1.807) is 26.4 Å². The minimum Gasteiger partial charge on any atom is -0.493 e. The van der Waals surface area contributed by atoms with Crippen molar-refractivity contribution in [3.05, 3.63) is 83.4 Å². The molecule has 1 saturated heterocycles. The summed E-state index contributed by atoms with van der Waals surface area (Å²) in [6.07, 6.45) is -0.115. The van der Waals surface area contributed by atoms with Crippen LogP contribution in [0.1, 0.15) is 17.2 Å². The van der Waals surface area contributed by atoms with Gasteiger partial charge in [-0.1, -0.05) is 6.07 Å². The average Bonchev–Trinajstić information content (AvgIpc) is 3.37. The lowest BCUT2D eigenvalue weighted by molar-refractivity contribution is 0.125. The van der Waals surface area contributed by atoms with Crippen molar-refractivity contribution in [2.75, 3.05) is 14.2 Å². The van der Waals surface area contributed by atoms with Gasteiger partial charge < -0.3 is 14.2 Å². The monoisotopic (exact) mass is 465 g/mol. The molecule has 0 radical (unpaired) electrons. The third kappa shape index (κ3) is 3.89. The van der Waals surface area contributed by atoms with Crippen molar-refractivity contribution >= 4 is 17.6 Å². The molecule has 5 rings (SSSR count). The maximum atomic E-state index is 13.7. The quantitative estimate of drug-likeness (QED) is 0.591. The third-order valence-corrected chi connectivity index (χ3v) is 5.92. The molecule has 1 N–H and O–H groups in total. The standard InChI is InChI=1S/C25H21F2N3O4/c1-32-21-11-14-10-20-23(19(14)13-22(21)33-2)30(25(31)34-18-8-6-15(26)7-9-18)29-24(20)28-17-5-3-4-16(27)12-17/h3-9,11-13,20,23H,10H2,1-2H3,(H,28,29). The lowest BCUT2D eigenvalue weighted by Gasteiger charge is -2.23. The van der Waals surface area contributed by atoms with Crippen molar-refractivity contribution in [3.8, 4) is 17.2 Å². The highest BCUT2D eigenvalue weighted by Crippen LogP contribution is 2.47. The van der Waals surface area contributed by atoms with Crippen LogP contribution in [0.2, 0.25) is 0 Å². The molecule has 7 nitrogen and oxygen atoms in total. The Morgan fingerprint density at radius 2 is 1.74 bits per heavy atom. The zero-order valence-electron chi connectivity index (χ0n) is 18.4. The number of aliphatic imine (C=N–C) groups is 1. The van der Waals surface area contributed by atoms with E-state index in [4.69, 9.17) is 14.2 Å². The van der Waals surface area contributed by atoms with Crippen molar-refractivity contribution in [3.63, 3.8) is 0 Å². The number of benzene rings is 3. The molecule has 1 aliphatic heterocycles. The first-order valence-corrected chi connectivity index (χ1v) is 10.6. The molecule has 1 amide bonds. The maximum Gasteiger partial charge on any atom is 0.434 e. The number of methoxy groups -OCH3 is 2. The number of hydrogen-bond donors (Lipinski definition) is 1. The number of nitrogens with one attached hydrogen (secondary N) is 1. The molecule has 174 valence electrons. The molecule has 0 spiro atoms. The Morgan fingerprint density at radius 3 is 2.44 bits per heavy atom. The number of fused-ring (bicyclic) bond motifs is 3. The summed E-state index contributed by atoms with van der Waals surface area (Å²) in [6.45, 7) is 0. The van der Waals surface area contributed by atoms with Crippen LogP contribution in [-0.4, -0.2) is 31.2 Å². The highest BCUT2D eigenvalue weighted by molar-refractivity contribution is 5.93. The van der Waals surface area contributed by atoms with Crippen molar-refractivity contribution in [1.82, 2.24) is 10.4 Å². The van der Waals surface area contributed by atoms with Crippen LogP contribution in [-0.2, 0) is 6.42 Å². The maximum absolute atomic E-state index is 13.7. The largest absolute Gasteiger partial charge is 0.493 e. The van der Waals surface area contributed by atoms with Crippen molar-refractivity contribution in [2.24, 2.45) is 10.9 Å². The van der Waals surface area contributed by atoms with Gasteiger partial charge in [0.15, 0.2) is 11.5 Å². The summed E-state index contributed by atoms with van der Waals surface area (Å²) in [6, 6.07) is 14.3. The van der Waals surface area contributed by atoms with Crippen LogP contribution in [0.3, 0.4) is 0 Å². The zero-order chi connectivity index (χ0) is 23.8. The summed E-state index contributed by atoms with van der Waals surface area (Å²) in [7, 11) is 3.10. The van der Waals surface area contributed by atoms with E-state index in [0.717, 1.165) is 11.1 Å². The van der Waals surface area contributed by atoms with Crippen LogP contribution in [0.5, 0.6) is 17.2 Å². The number of nitrogens with zero attached hydrogens (tertiary/aromatic N) is 2. The molecule has 0 aromatic heterocycles. The molecule has 0 saturated carbocycles. The average molecular weight is 465 g/mol.